The Kier molecular flexibility index (Phi) is 2.56. The van der Waals surface area contributed by atoms with Gasteiger partial charge in [-0.3, -0.25) is 0 Å². The van der Waals surface area contributed by atoms with Crippen molar-refractivity contribution in [3.8, 4) is 0 Å². The van der Waals surface area contributed by atoms with Gasteiger partial charge in [-0.25, -0.2) is 4.39 Å². The Hall–Kier alpha value is -1.61. The van der Waals surface area contributed by atoms with Crippen LogP contribution in [0.2, 0.25) is 0 Å². The molecule has 1 aromatic carbocycles. The molecule has 0 aliphatic carbocycles. The van der Waals surface area contributed by atoms with E-state index in [-0.39, 0.29) is 5.58 Å². The second-order valence-corrected chi connectivity index (χ2v) is 3.35. The largest absolute Gasteiger partial charge is 0.455 e. The lowest BCUT2D eigenvalue weighted by Gasteiger charge is -2.01. The third-order valence-electron chi connectivity index (χ3n) is 2.23. The quantitative estimate of drug-likeness (QED) is 0.782. The van der Waals surface area contributed by atoms with Gasteiger partial charge in [0.2, 0.25) is 0 Å². The molecular weight excluding hydrogens is 195 g/mol. The number of para-hydroxylation sites is 1. The van der Waals surface area contributed by atoms with Crippen molar-refractivity contribution in [2.75, 3.05) is 0 Å². The van der Waals surface area contributed by atoms with Crippen LogP contribution in [0, 0.1) is 5.82 Å². The topological polar surface area (TPSA) is 33.4 Å². The van der Waals surface area contributed by atoms with Gasteiger partial charge in [0, 0.05) is 5.39 Å². The van der Waals surface area contributed by atoms with Crippen molar-refractivity contribution in [2.45, 2.75) is 12.5 Å². The number of rotatable bonds is 3. The molecule has 1 aromatic heterocycles. The molecule has 1 atom stereocenters. The first-order chi connectivity index (χ1) is 7.22. The SMILES string of the molecule is C=CCC(O)c1cc2cccc(F)c2o1. The maximum Gasteiger partial charge on any atom is 0.170 e. The summed E-state index contributed by atoms with van der Waals surface area (Å²) >= 11 is 0. The molecule has 0 amide bonds. The molecule has 0 bridgehead atoms. The van der Waals surface area contributed by atoms with E-state index < -0.39 is 11.9 Å². The van der Waals surface area contributed by atoms with Gasteiger partial charge in [-0.05, 0) is 18.6 Å². The molecule has 2 aromatic rings. The molecule has 0 spiro atoms. The fourth-order valence-electron chi connectivity index (χ4n) is 1.49. The third-order valence-corrected chi connectivity index (χ3v) is 2.23. The summed E-state index contributed by atoms with van der Waals surface area (Å²) in [5.74, 6) is -0.0421. The molecule has 0 radical (unpaired) electrons. The van der Waals surface area contributed by atoms with E-state index >= 15 is 0 Å². The minimum atomic E-state index is -0.755. The average molecular weight is 206 g/mol. The van der Waals surface area contributed by atoms with Crippen LogP contribution in [0.5, 0.6) is 0 Å². The summed E-state index contributed by atoms with van der Waals surface area (Å²) in [6.45, 7) is 3.52. The lowest BCUT2D eigenvalue weighted by atomic mass is 10.2. The van der Waals surface area contributed by atoms with Gasteiger partial charge in [0.1, 0.15) is 11.9 Å². The van der Waals surface area contributed by atoms with Crippen molar-refractivity contribution in [2.24, 2.45) is 0 Å². The average Bonchev–Trinajstić information content (AvgIpc) is 2.63. The first kappa shape index (κ1) is 9.93. The number of aliphatic hydroxyl groups is 1. The van der Waals surface area contributed by atoms with Gasteiger partial charge in [-0.15, -0.1) is 6.58 Å². The van der Waals surface area contributed by atoms with E-state index in [9.17, 15) is 9.50 Å². The monoisotopic (exact) mass is 206 g/mol. The summed E-state index contributed by atoms with van der Waals surface area (Å²) in [5, 5.41) is 10.3. The first-order valence-corrected chi connectivity index (χ1v) is 4.69. The molecule has 1 N–H and O–H groups in total. The Morgan fingerprint density at radius 2 is 2.33 bits per heavy atom. The van der Waals surface area contributed by atoms with E-state index in [0.717, 1.165) is 0 Å². The predicted octanol–water partition coefficient (Wildman–Crippen LogP) is 3.18. The van der Waals surface area contributed by atoms with Crippen molar-refractivity contribution in [3.63, 3.8) is 0 Å². The van der Waals surface area contributed by atoms with Crippen LogP contribution < -0.4 is 0 Å². The van der Waals surface area contributed by atoms with Crippen LogP contribution in [0.1, 0.15) is 18.3 Å². The van der Waals surface area contributed by atoms with Crippen LogP contribution in [0.3, 0.4) is 0 Å². The highest BCUT2D eigenvalue weighted by atomic mass is 19.1. The standard InChI is InChI=1S/C12H11FO2/c1-2-4-10(14)11-7-8-5-3-6-9(13)12(8)15-11/h2-3,5-7,10,14H,1,4H2. The van der Waals surface area contributed by atoms with Gasteiger partial charge >= 0.3 is 0 Å². The van der Waals surface area contributed by atoms with Crippen molar-refractivity contribution < 1.29 is 13.9 Å². The Balaban J connectivity index is 2.47. The van der Waals surface area contributed by atoms with Crippen molar-refractivity contribution in [3.05, 3.63) is 48.5 Å². The highest BCUT2D eigenvalue weighted by molar-refractivity contribution is 5.78. The Morgan fingerprint density at radius 1 is 1.53 bits per heavy atom. The molecule has 0 aliphatic rings. The lowest BCUT2D eigenvalue weighted by Crippen LogP contribution is -1.91. The van der Waals surface area contributed by atoms with Crippen LogP contribution in [0.25, 0.3) is 11.0 Å². The molecule has 0 saturated carbocycles. The fourth-order valence-corrected chi connectivity index (χ4v) is 1.49. The molecule has 1 unspecified atom stereocenters. The molecular formula is C12H11FO2. The summed E-state index contributed by atoms with van der Waals surface area (Å²) < 4.78 is 18.5. The maximum absolute atomic E-state index is 13.3. The zero-order chi connectivity index (χ0) is 10.8. The normalized spacial score (nSPS) is 12.9. The van der Waals surface area contributed by atoms with Crippen molar-refractivity contribution >= 4 is 11.0 Å². The Labute approximate surface area is 86.6 Å². The summed E-state index contributed by atoms with van der Waals surface area (Å²) in [5.41, 5.74) is 0.190. The second-order valence-electron chi connectivity index (χ2n) is 3.35. The maximum atomic E-state index is 13.3. The second kappa shape index (κ2) is 3.87. The number of furan rings is 1. The molecule has 2 nitrogen and oxygen atoms in total. The lowest BCUT2D eigenvalue weighted by molar-refractivity contribution is 0.155. The van der Waals surface area contributed by atoms with E-state index in [1.165, 1.54) is 6.07 Å². The molecule has 0 aliphatic heterocycles. The van der Waals surface area contributed by atoms with Crippen LogP contribution in [-0.4, -0.2) is 5.11 Å². The van der Waals surface area contributed by atoms with Gasteiger partial charge in [-0.2, -0.15) is 0 Å². The molecule has 1 heterocycles. The summed E-state index contributed by atoms with van der Waals surface area (Å²) in [6.07, 6.45) is 1.23. The number of hydrogen-bond donors (Lipinski definition) is 1. The minimum absolute atomic E-state index is 0.190. The van der Waals surface area contributed by atoms with Crippen LogP contribution in [0.4, 0.5) is 4.39 Å². The van der Waals surface area contributed by atoms with Gasteiger partial charge in [0.25, 0.3) is 0 Å². The Bertz CT molecular complexity index is 487. The molecule has 15 heavy (non-hydrogen) atoms. The highest BCUT2D eigenvalue weighted by Crippen LogP contribution is 2.27. The molecule has 2 rings (SSSR count). The van der Waals surface area contributed by atoms with Crippen LogP contribution >= 0.6 is 0 Å². The number of aliphatic hydroxyl groups excluding tert-OH is 1. The third kappa shape index (κ3) is 1.78. The smallest absolute Gasteiger partial charge is 0.170 e. The highest BCUT2D eigenvalue weighted by Gasteiger charge is 2.13. The van der Waals surface area contributed by atoms with E-state index in [2.05, 4.69) is 6.58 Å². The van der Waals surface area contributed by atoms with Gasteiger partial charge < -0.3 is 9.52 Å². The first-order valence-electron chi connectivity index (χ1n) is 4.69. The predicted molar refractivity (Wildman–Crippen MR) is 55.9 cm³/mol. The van der Waals surface area contributed by atoms with Gasteiger partial charge in [0.15, 0.2) is 11.4 Å². The number of benzene rings is 1. The molecule has 0 fully saturated rings. The number of halogens is 1. The van der Waals surface area contributed by atoms with Crippen molar-refractivity contribution in [1.82, 2.24) is 0 Å². The number of hydrogen-bond acceptors (Lipinski definition) is 2. The van der Waals surface area contributed by atoms with Crippen LogP contribution in [-0.2, 0) is 0 Å². The Morgan fingerprint density at radius 3 is 3.00 bits per heavy atom. The molecule has 0 saturated heterocycles. The number of fused-ring (bicyclic) bond motifs is 1. The fraction of sp³-hybridized carbons (Fsp3) is 0.167. The van der Waals surface area contributed by atoms with Gasteiger partial charge in [0.05, 0.1) is 0 Å². The minimum Gasteiger partial charge on any atom is -0.455 e. The molecule has 3 heteroatoms. The van der Waals surface area contributed by atoms with E-state index in [4.69, 9.17) is 4.42 Å². The van der Waals surface area contributed by atoms with E-state index in [1.54, 1.807) is 24.3 Å². The van der Waals surface area contributed by atoms with Crippen molar-refractivity contribution in [1.29, 1.82) is 0 Å². The van der Waals surface area contributed by atoms with E-state index in [0.29, 0.717) is 17.6 Å². The van der Waals surface area contributed by atoms with Gasteiger partial charge in [-0.1, -0.05) is 18.2 Å². The van der Waals surface area contributed by atoms with Crippen LogP contribution in [0.15, 0.2) is 41.3 Å². The van der Waals surface area contributed by atoms with E-state index in [1.807, 2.05) is 0 Å². The zero-order valence-electron chi connectivity index (χ0n) is 8.11. The summed E-state index contributed by atoms with van der Waals surface area (Å²) in [7, 11) is 0. The zero-order valence-corrected chi connectivity index (χ0v) is 8.11. The summed E-state index contributed by atoms with van der Waals surface area (Å²) in [4.78, 5) is 0. The molecule has 78 valence electrons. The summed E-state index contributed by atoms with van der Waals surface area (Å²) in [6, 6.07) is 6.32.